The first-order valence-corrected chi connectivity index (χ1v) is 8.11. The summed E-state index contributed by atoms with van der Waals surface area (Å²) in [6, 6.07) is 0.0372. The van der Waals surface area contributed by atoms with Crippen molar-refractivity contribution >= 4 is 12.0 Å². The number of hydrogen-bond acceptors (Lipinski definition) is 3. The van der Waals surface area contributed by atoms with Gasteiger partial charge in [0.1, 0.15) is 5.54 Å². The van der Waals surface area contributed by atoms with Gasteiger partial charge in [0.05, 0.1) is 0 Å². The maximum atomic E-state index is 12.1. The summed E-state index contributed by atoms with van der Waals surface area (Å²) in [5.74, 6) is -0.909. The fourth-order valence-electron chi connectivity index (χ4n) is 3.56. The average Bonchev–Trinajstić information content (AvgIpc) is 2.93. The minimum absolute atomic E-state index is 0.345. The summed E-state index contributed by atoms with van der Waals surface area (Å²) in [5, 5.41) is 15.0. The number of carbonyl (C=O) groups excluding carboxylic acids is 1. The Morgan fingerprint density at radius 3 is 2.57 bits per heavy atom. The van der Waals surface area contributed by atoms with Crippen LogP contribution >= 0.6 is 0 Å². The van der Waals surface area contributed by atoms with Crippen molar-refractivity contribution in [3.8, 4) is 0 Å². The molecule has 1 saturated heterocycles. The molecule has 1 atom stereocenters. The third-order valence-corrected chi connectivity index (χ3v) is 4.87. The Labute approximate surface area is 126 Å². The molecular weight excluding hydrogens is 270 g/mol. The Morgan fingerprint density at radius 1 is 1.24 bits per heavy atom. The number of likely N-dealkylation sites (tertiary alicyclic amines) is 1. The van der Waals surface area contributed by atoms with Crippen LogP contribution in [0.15, 0.2) is 0 Å². The molecule has 1 saturated carbocycles. The summed E-state index contributed by atoms with van der Waals surface area (Å²) < 4.78 is 0. The Balaban J connectivity index is 1.84. The molecule has 0 aromatic heterocycles. The first-order valence-electron chi connectivity index (χ1n) is 8.11. The van der Waals surface area contributed by atoms with Crippen LogP contribution in [0.4, 0.5) is 4.79 Å². The van der Waals surface area contributed by atoms with Crippen LogP contribution < -0.4 is 10.6 Å². The normalized spacial score (nSPS) is 25.5. The molecule has 1 heterocycles. The van der Waals surface area contributed by atoms with Crippen molar-refractivity contribution in [2.24, 2.45) is 0 Å². The number of carboxylic acids is 1. The molecule has 0 radical (unpaired) electrons. The smallest absolute Gasteiger partial charge is 0.329 e. The van der Waals surface area contributed by atoms with Gasteiger partial charge in [-0.1, -0.05) is 26.2 Å². The van der Waals surface area contributed by atoms with E-state index in [0.717, 1.165) is 38.8 Å². The summed E-state index contributed by atoms with van der Waals surface area (Å²) in [7, 11) is 0. The third-order valence-electron chi connectivity index (χ3n) is 4.87. The molecule has 2 amide bonds. The fraction of sp³-hybridized carbons (Fsp3) is 0.867. The monoisotopic (exact) mass is 297 g/mol. The Kier molecular flexibility index (Phi) is 5.45. The maximum absolute atomic E-state index is 12.1. The van der Waals surface area contributed by atoms with Gasteiger partial charge in [-0.15, -0.1) is 0 Å². The van der Waals surface area contributed by atoms with Crippen molar-refractivity contribution in [1.82, 2.24) is 15.5 Å². The zero-order chi connectivity index (χ0) is 15.3. The SMILES string of the molecule is CCN1CCCC1CNC(=O)NC1(C(=O)O)CCCCC1. The Morgan fingerprint density at radius 2 is 1.95 bits per heavy atom. The zero-order valence-corrected chi connectivity index (χ0v) is 12.9. The lowest BCUT2D eigenvalue weighted by molar-refractivity contribution is -0.145. The number of rotatable bonds is 5. The second kappa shape index (κ2) is 7.11. The van der Waals surface area contributed by atoms with Gasteiger partial charge in [-0.05, 0) is 38.8 Å². The highest BCUT2D eigenvalue weighted by Gasteiger charge is 2.41. The van der Waals surface area contributed by atoms with E-state index in [-0.39, 0.29) is 6.03 Å². The Hall–Kier alpha value is -1.30. The van der Waals surface area contributed by atoms with Crippen LogP contribution in [0.1, 0.15) is 51.9 Å². The molecule has 120 valence electrons. The number of carboxylic acid groups (broad SMARTS) is 1. The molecule has 1 aliphatic heterocycles. The summed E-state index contributed by atoms with van der Waals surface area (Å²) >= 11 is 0. The molecule has 0 spiro atoms. The van der Waals surface area contributed by atoms with Gasteiger partial charge in [0.15, 0.2) is 0 Å². The molecular formula is C15H27N3O3. The Bertz CT molecular complexity index is 380. The van der Waals surface area contributed by atoms with E-state index >= 15 is 0 Å². The van der Waals surface area contributed by atoms with Crippen LogP contribution in [-0.2, 0) is 4.79 Å². The lowest BCUT2D eigenvalue weighted by atomic mass is 9.82. The van der Waals surface area contributed by atoms with Gasteiger partial charge in [0.2, 0.25) is 0 Å². The summed E-state index contributed by atoms with van der Waals surface area (Å²) in [6.07, 6.45) is 6.09. The first kappa shape index (κ1) is 16.1. The van der Waals surface area contributed by atoms with Gasteiger partial charge in [-0.25, -0.2) is 9.59 Å². The second-order valence-corrected chi connectivity index (χ2v) is 6.21. The van der Waals surface area contributed by atoms with E-state index in [1.165, 1.54) is 6.42 Å². The number of aliphatic carboxylic acids is 1. The predicted octanol–water partition coefficient (Wildman–Crippen LogP) is 1.56. The zero-order valence-electron chi connectivity index (χ0n) is 12.9. The van der Waals surface area contributed by atoms with E-state index in [4.69, 9.17) is 0 Å². The van der Waals surface area contributed by atoms with E-state index in [1.807, 2.05) is 0 Å². The van der Waals surface area contributed by atoms with Crippen molar-refractivity contribution < 1.29 is 14.7 Å². The minimum Gasteiger partial charge on any atom is -0.480 e. The summed E-state index contributed by atoms with van der Waals surface area (Å²) in [4.78, 5) is 25.9. The van der Waals surface area contributed by atoms with Crippen LogP contribution in [-0.4, -0.2) is 53.2 Å². The second-order valence-electron chi connectivity index (χ2n) is 6.21. The number of nitrogens with one attached hydrogen (secondary N) is 2. The minimum atomic E-state index is -1.07. The van der Waals surface area contributed by atoms with Crippen molar-refractivity contribution in [2.75, 3.05) is 19.6 Å². The van der Waals surface area contributed by atoms with Crippen molar-refractivity contribution in [3.63, 3.8) is 0 Å². The number of amides is 2. The standard InChI is InChI=1S/C15H27N3O3/c1-2-18-10-6-7-12(18)11-16-14(21)17-15(13(19)20)8-4-3-5-9-15/h12H,2-11H2,1H3,(H,19,20)(H2,16,17,21). The quantitative estimate of drug-likeness (QED) is 0.719. The predicted molar refractivity (Wildman–Crippen MR) is 80.3 cm³/mol. The highest BCUT2D eigenvalue weighted by Crippen LogP contribution is 2.28. The molecule has 0 bridgehead atoms. The third kappa shape index (κ3) is 3.87. The largest absolute Gasteiger partial charge is 0.480 e. The summed E-state index contributed by atoms with van der Waals surface area (Å²) in [5.41, 5.74) is -1.07. The van der Waals surface area contributed by atoms with Gasteiger partial charge in [-0.2, -0.15) is 0 Å². The van der Waals surface area contributed by atoms with E-state index < -0.39 is 11.5 Å². The number of likely N-dealkylation sites (N-methyl/N-ethyl adjacent to an activating group) is 1. The van der Waals surface area contributed by atoms with Crippen LogP contribution in [0.3, 0.4) is 0 Å². The fourth-order valence-corrected chi connectivity index (χ4v) is 3.56. The molecule has 1 aliphatic carbocycles. The number of nitrogens with zero attached hydrogens (tertiary/aromatic N) is 1. The first-order chi connectivity index (χ1) is 10.1. The highest BCUT2D eigenvalue weighted by molar-refractivity contribution is 5.86. The molecule has 2 rings (SSSR count). The van der Waals surface area contributed by atoms with Crippen LogP contribution in [0.5, 0.6) is 0 Å². The van der Waals surface area contributed by atoms with Gasteiger partial charge in [-0.3, -0.25) is 4.90 Å². The van der Waals surface area contributed by atoms with Crippen LogP contribution in [0.25, 0.3) is 0 Å². The molecule has 0 aromatic rings. The maximum Gasteiger partial charge on any atom is 0.329 e. The van der Waals surface area contributed by atoms with Crippen LogP contribution in [0.2, 0.25) is 0 Å². The lowest BCUT2D eigenvalue weighted by Crippen LogP contribution is -2.58. The molecule has 0 aromatic carbocycles. The van der Waals surface area contributed by atoms with E-state index in [0.29, 0.717) is 25.4 Å². The van der Waals surface area contributed by atoms with E-state index in [1.54, 1.807) is 0 Å². The van der Waals surface area contributed by atoms with Gasteiger partial charge >= 0.3 is 12.0 Å². The van der Waals surface area contributed by atoms with Gasteiger partial charge < -0.3 is 15.7 Å². The molecule has 1 unspecified atom stereocenters. The average molecular weight is 297 g/mol. The molecule has 2 aliphatic rings. The van der Waals surface area contributed by atoms with E-state index in [9.17, 15) is 14.7 Å². The molecule has 3 N–H and O–H groups in total. The topological polar surface area (TPSA) is 81.7 Å². The molecule has 21 heavy (non-hydrogen) atoms. The van der Waals surface area contributed by atoms with Crippen molar-refractivity contribution in [3.05, 3.63) is 0 Å². The lowest BCUT2D eigenvalue weighted by Gasteiger charge is -2.34. The van der Waals surface area contributed by atoms with Crippen molar-refractivity contribution in [1.29, 1.82) is 0 Å². The molecule has 6 heteroatoms. The highest BCUT2D eigenvalue weighted by atomic mass is 16.4. The van der Waals surface area contributed by atoms with Gasteiger partial charge in [0, 0.05) is 12.6 Å². The van der Waals surface area contributed by atoms with Crippen molar-refractivity contribution in [2.45, 2.75) is 63.5 Å². The van der Waals surface area contributed by atoms with E-state index in [2.05, 4.69) is 22.5 Å². The van der Waals surface area contributed by atoms with Crippen LogP contribution in [0, 0.1) is 0 Å². The number of urea groups is 1. The molecule has 2 fully saturated rings. The number of carbonyl (C=O) groups is 2. The summed E-state index contributed by atoms with van der Waals surface area (Å²) in [6.45, 7) is 4.80. The van der Waals surface area contributed by atoms with Gasteiger partial charge in [0.25, 0.3) is 0 Å². The number of hydrogen-bond donors (Lipinski definition) is 3. The molecule has 6 nitrogen and oxygen atoms in total.